The van der Waals surface area contributed by atoms with E-state index in [-0.39, 0.29) is 11.8 Å². The predicted molar refractivity (Wildman–Crippen MR) is 156 cm³/mol. The van der Waals surface area contributed by atoms with Crippen LogP contribution in [0, 0.1) is 17.1 Å². The lowest BCUT2D eigenvalue weighted by molar-refractivity contribution is -0.148. The van der Waals surface area contributed by atoms with Crippen molar-refractivity contribution in [2.24, 2.45) is 0 Å². The van der Waals surface area contributed by atoms with Gasteiger partial charge in [-0.15, -0.1) is 0 Å². The lowest BCUT2D eigenvalue weighted by Crippen LogP contribution is -2.32. The zero-order valence-electron chi connectivity index (χ0n) is 23.3. The van der Waals surface area contributed by atoms with Gasteiger partial charge < -0.3 is 9.64 Å². The number of pyridine rings is 1. The van der Waals surface area contributed by atoms with E-state index in [4.69, 9.17) is 14.7 Å². The molecule has 41 heavy (non-hydrogen) atoms. The first-order valence-electron chi connectivity index (χ1n) is 13.1. The van der Waals surface area contributed by atoms with Gasteiger partial charge in [0, 0.05) is 24.4 Å². The molecule has 9 nitrogen and oxygen atoms in total. The number of nitrogens with zero attached hydrogens (tertiary/aromatic N) is 7. The van der Waals surface area contributed by atoms with Crippen molar-refractivity contribution in [3.8, 4) is 28.6 Å². The van der Waals surface area contributed by atoms with Gasteiger partial charge in [0.05, 0.1) is 36.1 Å². The standard InChI is InChI=1S/C30H28FN7O2S/c1-6-21-27(37(5)29-36-26(23(14-32)41-29)18-8-11-20(31)12-9-18)38-17-19(10-13-25(38)35-21)22-15-34-24(16-33-22)30(3,4)28(39)40-7-2/h8-13,15-17H,6-7H2,1-5H3. The van der Waals surface area contributed by atoms with Crippen molar-refractivity contribution in [3.63, 3.8) is 0 Å². The molecule has 0 amide bonds. The summed E-state index contributed by atoms with van der Waals surface area (Å²) in [4.78, 5) is 33.5. The number of anilines is 2. The highest BCUT2D eigenvalue weighted by Gasteiger charge is 2.33. The summed E-state index contributed by atoms with van der Waals surface area (Å²) in [5.41, 5.74) is 3.82. The number of nitriles is 1. The summed E-state index contributed by atoms with van der Waals surface area (Å²) in [5, 5.41) is 10.4. The van der Waals surface area contributed by atoms with Gasteiger partial charge in [0.15, 0.2) is 5.13 Å². The van der Waals surface area contributed by atoms with Gasteiger partial charge in [-0.05, 0) is 63.6 Å². The number of aromatic nitrogens is 5. The summed E-state index contributed by atoms with van der Waals surface area (Å²) in [6.07, 6.45) is 5.86. The molecule has 0 radical (unpaired) electrons. The molecule has 0 spiro atoms. The van der Waals surface area contributed by atoms with Gasteiger partial charge in [-0.3, -0.25) is 19.2 Å². The van der Waals surface area contributed by atoms with Crippen LogP contribution in [0.3, 0.4) is 0 Å². The fourth-order valence-electron chi connectivity index (χ4n) is 4.46. The van der Waals surface area contributed by atoms with E-state index in [1.54, 1.807) is 45.3 Å². The number of aryl methyl sites for hydroxylation is 1. The first-order chi connectivity index (χ1) is 19.7. The highest BCUT2D eigenvalue weighted by atomic mass is 32.1. The molecule has 1 aromatic carbocycles. The number of carbonyl (C=O) groups is 1. The molecule has 0 bridgehead atoms. The molecule has 5 aromatic rings. The zero-order valence-corrected chi connectivity index (χ0v) is 24.2. The van der Waals surface area contributed by atoms with Crippen LogP contribution in [0.15, 0.2) is 55.0 Å². The molecule has 0 saturated heterocycles. The van der Waals surface area contributed by atoms with Crippen LogP contribution in [0.1, 0.15) is 44.0 Å². The number of ether oxygens (including phenoxy) is 1. The Morgan fingerprint density at radius 1 is 1.10 bits per heavy atom. The number of fused-ring (bicyclic) bond motifs is 1. The van der Waals surface area contributed by atoms with E-state index in [2.05, 4.69) is 16.0 Å². The summed E-state index contributed by atoms with van der Waals surface area (Å²) in [6.45, 7) is 7.62. The summed E-state index contributed by atoms with van der Waals surface area (Å²) >= 11 is 1.26. The number of hydrogen-bond acceptors (Lipinski definition) is 9. The molecule has 0 aliphatic heterocycles. The average Bonchev–Trinajstić information content (AvgIpc) is 3.59. The van der Waals surface area contributed by atoms with Crippen LogP contribution in [0.25, 0.3) is 28.2 Å². The summed E-state index contributed by atoms with van der Waals surface area (Å²) in [5.74, 6) is 0.100. The Morgan fingerprint density at radius 2 is 1.83 bits per heavy atom. The molecule has 0 aliphatic carbocycles. The molecule has 208 valence electrons. The third kappa shape index (κ3) is 5.14. The molecule has 0 aliphatic rings. The molecular formula is C30H28FN7O2S. The molecule has 0 unspecified atom stereocenters. The third-order valence-electron chi connectivity index (χ3n) is 6.81. The fraction of sp³-hybridized carbons (Fsp3) is 0.267. The number of thiazole rings is 1. The Balaban J connectivity index is 1.53. The van der Waals surface area contributed by atoms with E-state index >= 15 is 0 Å². The van der Waals surface area contributed by atoms with E-state index in [9.17, 15) is 14.4 Å². The van der Waals surface area contributed by atoms with Gasteiger partial charge in [-0.25, -0.2) is 14.4 Å². The van der Waals surface area contributed by atoms with Crippen LogP contribution in [-0.2, 0) is 21.4 Å². The smallest absolute Gasteiger partial charge is 0.317 e. The lowest BCUT2D eigenvalue weighted by atomic mass is 9.90. The van der Waals surface area contributed by atoms with Gasteiger partial charge in [-0.2, -0.15) is 5.26 Å². The summed E-state index contributed by atoms with van der Waals surface area (Å²) in [6, 6.07) is 12.0. The molecule has 0 atom stereocenters. The van der Waals surface area contributed by atoms with Crippen molar-refractivity contribution in [1.82, 2.24) is 24.3 Å². The predicted octanol–water partition coefficient (Wildman–Crippen LogP) is 6.10. The first kappa shape index (κ1) is 27.9. The maximum absolute atomic E-state index is 13.5. The Kier molecular flexibility index (Phi) is 7.51. The molecule has 0 N–H and O–H groups in total. The minimum Gasteiger partial charge on any atom is -0.465 e. The van der Waals surface area contributed by atoms with Crippen LogP contribution in [0.2, 0.25) is 0 Å². The van der Waals surface area contributed by atoms with Crippen LogP contribution < -0.4 is 4.90 Å². The second-order valence-corrected chi connectivity index (χ2v) is 10.8. The van der Waals surface area contributed by atoms with Gasteiger partial charge in [0.1, 0.15) is 39.3 Å². The van der Waals surface area contributed by atoms with E-state index in [0.717, 1.165) is 22.7 Å². The fourth-order valence-corrected chi connectivity index (χ4v) is 5.31. The van der Waals surface area contributed by atoms with Gasteiger partial charge in [0.2, 0.25) is 0 Å². The molecule has 4 heterocycles. The number of imidazole rings is 1. The van der Waals surface area contributed by atoms with Crippen molar-refractivity contribution in [3.05, 3.63) is 77.1 Å². The van der Waals surface area contributed by atoms with E-state index in [1.165, 1.54) is 23.5 Å². The third-order valence-corrected chi connectivity index (χ3v) is 7.85. The first-order valence-corrected chi connectivity index (χ1v) is 13.9. The summed E-state index contributed by atoms with van der Waals surface area (Å²) < 4.78 is 20.7. The van der Waals surface area contributed by atoms with Crippen molar-refractivity contribution in [1.29, 1.82) is 5.26 Å². The van der Waals surface area contributed by atoms with Crippen LogP contribution in [0.5, 0.6) is 0 Å². The Morgan fingerprint density at radius 3 is 2.46 bits per heavy atom. The molecule has 0 fully saturated rings. The maximum atomic E-state index is 13.5. The molecular weight excluding hydrogens is 541 g/mol. The van der Waals surface area contributed by atoms with Gasteiger partial charge >= 0.3 is 5.97 Å². The quantitative estimate of drug-likeness (QED) is 0.206. The number of benzene rings is 1. The van der Waals surface area contributed by atoms with Crippen molar-refractivity contribution in [2.75, 3.05) is 18.6 Å². The van der Waals surface area contributed by atoms with Crippen molar-refractivity contribution >= 4 is 33.9 Å². The second kappa shape index (κ2) is 11.1. The van der Waals surface area contributed by atoms with Gasteiger partial charge in [0.25, 0.3) is 0 Å². The van der Waals surface area contributed by atoms with Gasteiger partial charge in [-0.1, -0.05) is 18.3 Å². The second-order valence-electron chi connectivity index (χ2n) is 9.87. The minimum absolute atomic E-state index is 0.293. The van der Waals surface area contributed by atoms with Crippen LogP contribution in [-0.4, -0.2) is 44.0 Å². The largest absolute Gasteiger partial charge is 0.465 e. The number of carbonyl (C=O) groups excluding carboxylic acids is 1. The Bertz CT molecular complexity index is 1770. The Hall–Kier alpha value is -4.69. The molecule has 4 aromatic heterocycles. The minimum atomic E-state index is -0.926. The highest BCUT2D eigenvalue weighted by Crippen LogP contribution is 2.37. The lowest BCUT2D eigenvalue weighted by Gasteiger charge is -2.21. The average molecular weight is 570 g/mol. The molecule has 11 heteroatoms. The van der Waals surface area contributed by atoms with E-state index in [1.807, 2.05) is 41.6 Å². The molecule has 5 rings (SSSR count). The SMILES string of the molecule is CCOC(=O)C(C)(C)c1cnc(-c2ccc3nc(CC)c(N(C)c4nc(-c5ccc(F)cc5)c(C#N)s4)n3c2)cn1. The zero-order chi connectivity index (χ0) is 29.3. The van der Waals surface area contributed by atoms with E-state index in [0.29, 0.717) is 45.7 Å². The number of hydrogen-bond donors (Lipinski definition) is 0. The number of esters is 1. The maximum Gasteiger partial charge on any atom is 0.317 e. The summed E-state index contributed by atoms with van der Waals surface area (Å²) in [7, 11) is 1.88. The highest BCUT2D eigenvalue weighted by molar-refractivity contribution is 7.16. The normalized spacial score (nSPS) is 11.4. The van der Waals surface area contributed by atoms with Crippen molar-refractivity contribution in [2.45, 2.75) is 39.5 Å². The van der Waals surface area contributed by atoms with E-state index < -0.39 is 5.41 Å². The molecule has 0 saturated carbocycles. The van der Waals surface area contributed by atoms with Crippen molar-refractivity contribution < 1.29 is 13.9 Å². The monoisotopic (exact) mass is 569 g/mol. The van der Waals surface area contributed by atoms with Crippen LogP contribution >= 0.6 is 11.3 Å². The Labute approximate surface area is 240 Å². The number of rotatable bonds is 8. The van der Waals surface area contributed by atoms with Crippen LogP contribution in [0.4, 0.5) is 15.3 Å². The topological polar surface area (TPSA) is 109 Å². The number of halogens is 1.